The summed E-state index contributed by atoms with van der Waals surface area (Å²) in [6.45, 7) is 1.38. The van der Waals surface area contributed by atoms with E-state index in [-0.39, 0.29) is 23.2 Å². The van der Waals surface area contributed by atoms with Gasteiger partial charge in [-0.05, 0) is 35.0 Å². The highest BCUT2D eigenvalue weighted by Crippen LogP contribution is 2.27. The molecule has 0 aliphatic heterocycles. The maximum atomic E-state index is 13.0. The van der Waals surface area contributed by atoms with E-state index in [0.717, 1.165) is 22.0 Å². The lowest BCUT2D eigenvalue weighted by Crippen LogP contribution is -2.43. The van der Waals surface area contributed by atoms with Crippen molar-refractivity contribution in [1.29, 1.82) is 0 Å². The molecule has 1 atom stereocenters. The highest BCUT2D eigenvalue weighted by molar-refractivity contribution is 7.99. The van der Waals surface area contributed by atoms with Crippen LogP contribution in [0.25, 0.3) is 27.7 Å². The van der Waals surface area contributed by atoms with Crippen molar-refractivity contribution in [3.8, 4) is 16.9 Å². The van der Waals surface area contributed by atoms with Crippen molar-refractivity contribution in [2.75, 3.05) is 11.6 Å². The molecule has 3 aromatic carbocycles. The Kier molecular flexibility index (Phi) is 7.47. The number of nitrogens with one attached hydrogen (secondary N) is 2. The molecule has 9 heteroatoms. The number of amides is 2. The molecule has 3 N–H and O–H groups in total. The normalized spacial score (nSPS) is 11.7. The lowest BCUT2D eigenvalue weighted by atomic mass is 10.0. The average Bonchev–Trinajstić information content (AvgIpc) is 3.31. The van der Waals surface area contributed by atoms with Crippen LogP contribution < -0.4 is 10.6 Å². The molecule has 0 spiro atoms. The van der Waals surface area contributed by atoms with Crippen LogP contribution in [0.15, 0.2) is 78.9 Å². The van der Waals surface area contributed by atoms with Gasteiger partial charge in [-0.15, -0.1) is 11.8 Å². The van der Waals surface area contributed by atoms with Crippen molar-refractivity contribution in [2.24, 2.45) is 0 Å². The molecule has 0 aliphatic carbocycles. The number of carboxylic acids is 1. The third-order valence-corrected chi connectivity index (χ3v) is 6.22. The summed E-state index contributed by atoms with van der Waals surface area (Å²) in [5, 5.41) is 21.4. The Labute approximate surface area is 206 Å². The van der Waals surface area contributed by atoms with E-state index in [9.17, 15) is 19.5 Å². The Hall–Kier alpha value is -4.11. The number of rotatable bonds is 9. The average molecular weight is 489 g/mol. The van der Waals surface area contributed by atoms with Crippen molar-refractivity contribution < 1.29 is 19.5 Å². The molecule has 0 fully saturated rings. The zero-order valence-corrected chi connectivity index (χ0v) is 19.8. The number of benzene rings is 3. The fraction of sp³-hybridized carbons (Fsp3) is 0.154. The number of para-hydroxylation sites is 1. The van der Waals surface area contributed by atoms with Crippen LogP contribution in [-0.4, -0.2) is 50.3 Å². The number of aliphatic carboxylic acids is 1. The van der Waals surface area contributed by atoms with Gasteiger partial charge in [0.1, 0.15) is 6.04 Å². The molecule has 1 heterocycles. The van der Waals surface area contributed by atoms with Gasteiger partial charge in [0, 0.05) is 18.2 Å². The number of aromatic nitrogens is 2. The van der Waals surface area contributed by atoms with Gasteiger partial charge < -0.3 is 15.7 Å². The first-order chi connectivity index (χ1) is 16.9. The second kappa shape index (κ2) is 10.9. The summed E-state index contributed by atoms with van der Waals surface area (Å²) in [6.07, 6.45) is 0. The quantitative estimate of drug-likeness (QED) is 0.245. The minimum atomic E-state index is -1.16. The Morgan fingerprint density at radius 2 is 1.69 bits per heavy atom. The van der Waals surface area contributed by atoms with Gasteiger partial charge >= 0.3 is 5.97 Å². The number of hydrogen-bond donors (Lipinski definition) is 3. The monoisotopic (exact) mass is 488 g/mol. The SMILES string of the molecule is CC(=O)NCSC[C@@H](NC(=O)c1cc(-c2ccc3ccccc3c2)n(-c2ccccc2)n1)C(=O)O. The molecule has 35 heavy (non-hydrogen) atoms. The Morgan fingerprint density at radius 3 is 2.40 bits per heavy atom. The predicted molar refractivity (Wildman–Crippen MR) is 137 cm³/mol. The number of nitrogens with zero attached hydrogens (tertiary/aromatic N) is 2. The number of hydrogen-bond acceptors (Lipinski definition) is 5. The molecular formula is C26H24N4O4S. The molecule has 4 aromatic rings. The van der Waals surface area contributed by atoms with Crippen molar-refractivity contribution in [2.45, 2.75) is 13.0 Å². The molecule has 0 bridgehead atoms. The highest BCUT2D eigenvalue weighted by atomic mass is 32.2. The van der Waals surface area contributed by atoms with Crippen molar-refractivity contribution in [3.63, 3.8) is 0 Å². The van der Waals surface area contributed by atoms with E-state index in [2.05, 4.69) is 15.7 Å². The van der Waals surface area contributed by atoms with Gasteiger partial charge in [0.15, 0.2) is 5.69 Å². The van der Waals surface area contributed by atoms with Crippen LogP contribution in [0, 0.1) is 0 Å². The number of fused-ring (bicyclic) bond motifs is 1. The Morgan fingerprint density at radius 1 is 0.971 bits per heavy atom. The van der Waals surface area contributed by atoms with E-state index >= 15 is 0 Å². The van der Waals surface area contributed by atoms with Gasteiger partial charge in [0.2, 0.25) is 5.91 Å². The van der Waals surface area contributed by atoms with Gasteiger partial charge in [-0.2, -0.15) is 5.10 Å². The maximum absolute atomic E-state index is 13.0. The zero-order valence-electron chi connectivity index (χ0n) is 19.0. The molecule has 0 radical (unpaired) electrons. The predicted octanol–water partition coefficient (Wildman–Crippen LogP) is 3.70. The third-order valence-electron chi connectivity index (χ3n) is 5.30. The van der Waals surface area contributed by atoms with E-state index in [0.29, 0.717) is 5.69 Å². The van der Waals surface area contributed by atoms with Gasteiger partial charge in [0.25, 0.3) is 5.91 Å². The summed E-state index contributed by atoms with van der Waals surface area (Å²) in [5.74, 6) is -1.61. The first-order valence-corrected chi connectivity index (χ1v) is 12.1. The molecule has 4 rings (SSSR count). The van der Waals surface area contributed by atoms with Crippen LogP contribution in [0.1, 0.15) is 17.4 Å². The fourth-order valence-corrected chi connectivity index (χ4v) is 4.43. The molecular weight excluding hydrogens is 464 g/mol. The van der Waals surface area contributed by atoms with Crippen LogP contribution in [0.4, 0.5) is 0 Å². The number of thioether (sulfide) groups is 1. The second-order valence-corrected chi connectivity index (χ2v) is 8.87. The minimum Gasteiger partial charge on any atom is -0.480 e. The number of carbonyl (C=O) groups is 3. The Balaban J connectivity index is 1.63. The van der Waals surface area contributed by atoms with Gasteiger partial charge in [-0.25, -0.2) is 9.48 Å². The van der Waals surface area contributed by atoms with Gasteiger partial charge in [0.05, 0.1) is 17.3 Å². The topological polar surface area (TPSA) is 113 Å². The molecule has 8 nitrogen and oxygen atoms in total. The van der Waals surface area contributed by atoms with Crippen LogP contribution in [-0.2, 0) is 9.59 Å². The minimum absolute atomic E-state index is 0.0955. The van der Waals surface area contributed by atoms with E-state index in [1.165, 1.54) is 18.7 Å². The lowest BCUT2D eigenvalue weighted by Gasteiger charge is -2.13. The van der Waals surface area contributed by atoms with E-state index < -0.39 is 17.9 Å². The fourth-order valence-electron chi connectivity index (χ4n) is 3.55. The summed E-state index contributed by atoms with van der Waals surface area (Å²) in [5.41, 5.74) is 2.46. The zero-order chi connectivity index (χ0) is 24.8. The highest BCUT2D eigenvalue weighted by Gasteiger charge is 2.24. The van der Waals surface area contributed by atoms with E-state index in [4.69, 9.17) is 0 Å². The maximum Gasteiger partial charge on any atom is 0.327 e. The number of carboxylic acid groups (broad SMARTS) is 1. The summed E-state index contributed by atoms with van der Waals surface area (Å²) < 4.78 is 1.68. The summed E-state index contributed by atoms with van der Waals surface area (Å²) >= 11 is 1.21. The van der Waals surface area contributed by atoms with Gasteiger partial charge in [-0.3, -0.25) is 9.59 Å². The van der Waals surface area contributed by atoms with Crippen LogP contribution >= 0.6 is 11.8 Å². The van der Waals surface area contributed by atoms with Gasteiger partial charge in [-0.1, -0.05) is 54.6 Å². The van der Waals surface area contributed by atoms with Crippen LogP contribution in [0.5, 0.6) is 0 Å². The Bertz CT molecular complexity index is 1370. The van der Waals surface area contributed by atoms with E-state index in [1.54, 1.807) is 10.7 Å². The first-order valence-electron chi connectivity index (χ1n) is 10.9. The second-order valence-electron chi connectivity index (χ2n) is 7.84. The van der Waals surface area contributed by atoms with Crippen molar-refractivity contribution in [3.05, 3.63) is 84.6 Å². The molecule has 0 aliphatic rings. The smallest absolute Gasteiger partial charge is 0.327 e. The summed E-state index contributed by atoms with van der Waals surface area (Å²) in [4.78, 5) is 35.7. The molecule has 0 saturated carbocycles. The largest absolute Gasteiger partial charge is 0.480 e. The molecule has 1 aromatic heterocycles. The third kappa shape index (κ3) is 5.88. The van der Waals surface area contributed by atoms with E-state index in [1.807, 2.05) is 72.8 Å². The summed E-state index contributed by atoms with van der Waals surface area (Å²) in [7, 11) is 0. The lowest BCUT2D eigenvalue weighted by molar-refractivity contribution is -0.138. The number of carbonyl (C=O) groups excluding carboxylic acids is 2. The molecule has 2 amide bonds. The molecule has 178 valence electrons. The van der Waals surface area contributed by atoms with Crippen molar-refractivity contribution in [1.82, 2.24) is 20.4 Å². The molecule has 0 unspecified atom stereocenters. The van der Waals surface area contributed by atoms with Crippen LogP contribution in [0.2, 0.25) is 0 Å². The standard InChI is InChI=1S/C26H24N4O4S/c1-17(31)27-16-35-15-23(26(33)34)28-25(32)22-14-24(30(29-22)21-9-3-2-4-10-21)20-12-11-18-7-5-6-8-19(18)13-20/h2-14,23H,15-16H2,1H3,(H,27,31)(H,28,32)(H,33,34)/t23-/m1/s1. The molecule has 0 saturated heterocycles. The van der Waals surface area contributed by atoms with Crippen molar-refractivity contribution >= 4 is 40.3 Å². The summed E-state index contributed by atoms with van der Waals surface area (Å²) in [6, 6.07) is 24.0. The first kappa shape index (κ1) is 24.0. The van der Waals surface area contributed by atoms with Crippen LogP contribution in [0.3, 0.4) is 0 Å².